The molecule has 0 saturated heterocycles. The van der Waals surface area contributed by atoms with E-state index in [0.29, 0.717) is 10.6 Å². The molecular weight excluding hydrogens is 505 g/mol. The van der Waals surface area contributed by atoms with Gasteiger partial charge in [0.1, 0.15) is 23.3 Å². The van der Waals surface area contributed by atoms with E-state index in [1.165, 1.54) is 19.1 Å². The Morgan fingerprint density at radius 1 is 1.26 bits per heavy atom. The van der Waals surface area contributed by atoms with E-state index < -0.39 is 46.2 Å². The predicted octanol–water partition coefficient (Wildman–Crippen LogP) is 4.97. The SMILES string of the molecule is Cc1noc(-c2ccc(NS(=O)(=O)CCC(=O)O)cc2F)c1NC(=O)O[C@H](C)c1ccccc1Cl. The average molecular weight is 526 g/mol. The van der Waals surface area contributed by atoms with Crippen molar-refractivity contribution >= 4 is 45.1 Å². The molecule has 0 aliphatic rings. The zero-order valence-electron chi connectivity index (χ0n) is 18.5. The van der Waals surface area contributed by atoms with Gasteiger partial charge < -0.3 is 14.4 Å². The smallest absolute Gasteiger partial charge is 0.412 e. The van der Waals surface area contributed by atoms with Crippen LogP contribution in [0.4, 0.5) is 20.6 Å². The Bertz CT molecular complexity index is 1360. The van der Waals surface area contributed by atoms with Crippen LogP contribution in [0.1, 0.15) is 30.7 Å². The second kappa shape index (κ2) is 10.7. The molecule has 0 aliphatic carbocycles. The molecule has 2 aromatic carbocycles. The molecule has 0 radical (unpaired) electrons. The lowest BCUT2D eigenvalue weighted by Crippen LogP contribution is -2.19. The number of aromatic nitrogens is 1. The fourth-order valence-electron chi connectivity index (χ4n) is 3.08. The van der Waals surface area contributed by atoms with Crippen LogP contribution in [-0.4, -0.2) is 36.5 Å². The summed E-state index contributed by atoms with van der Waals surface area (Å²) in [5, 5.41) is 15.3. The van der Waals surface area contributed by atoms with E-state index in [0.717, 1.165) is 6.07 Å². The summed E-state index contributed by atoms with van der Waals surface area (Å²) >= 11 is 6.13. The first-order chi connectivity index (χ1) is 16.5. The summed E-state index contributed by atoms with van der Waals surface area (Å²) in [6.07, 6.45) is -2.14. The molecule has 186 valence electrons. The normalized spacial score (nSPS) is 12.1. The average Bonchev–Trinajstić information content (AvgIpc) is 3.12. The van der Waals surface area contributed by atoms with Crippen LogP contribution in [0.5, 0.6) is 0 Å². The number of amides is 1. The van der Waals surface area contributed by atoms with Crippen molar-refractivity contribution in [1.82, 2.24) is 5.16 Å². The number of benzene rings is 2. The first-order valence-electron chi connectivity index (χ1n) is 10.2. The van der Waals surface area contributed by atoms with Gasteiger partial charge in [-0.15, -0.1) is 0 Å². The van der Waals surface area contributed by atoms with Gasteiger partial charge >= 0.3 is 12.1 Å². The van der Waals surface area contributed by atoms with Crippen molar-refractivity contribution < 1.29 is 36.8 Å². The molecule has 3 aromatic rings. The van der Waals surface area contributed by atoms with E-state index in [9.17, 15) is 22.4 Å². The van der Waals surface area contributed by atoms with Crippen LogP contribution in [-0.2, 0) is 19.6 Å². The highest BCUT2D eigenvalue weighted by Gasteiger charge is 2.23. The highest BCUT2D eigenvalue weighted by Crippen LogP contribution is 2.34. The summed E-state index contributed by atoms with van der Waals surface area (Å²) < 4.78 is 51.4. The van der Waals surface area contributed by atoms with E-state index in [1.54, 1.807) is 31.2 Å². The number of ether oxygens (including phenoxy) is 1. The number of carboxylic acids is 1. The lowest BCUT2D eigenvalue weighted by molar-refractivity contribution is -0.136. The van der Waals surface area contributed by atoms with Gasteiger partial charge in [-0.3, -0.25) is 14.8 Å². The largest absolute Gasteiger partial charge is 0.481 e. The fraction of sp³-hybridized carbons (Fsp3) is 0.227. The Morgan fingerprint density at radius 3 is 2.63 bits per heavy atom. The number of halogens is 2. The van der Waals surface area contributed by atoms with Gasteiger partial charge in [-0.2, -0.15) is 0 Å². The first-order valence-corrected chi connectivity index (χ1v) is 12.2. The number of aliphatic carboxylic acids is 1. The number of hydrogen-bond donors (Lipinski definition) is 3. The van der Waals surface area contributed by atoms with Crippen LogP contribution < -0.4 is 10.0 Å². The zero-order chi connectivity index (χ0) is 25.8. The Balaban J connectivity index is 1.77. The number of carbonyl (C=O) groups excluding carboxylic acids is 1. The zero-order valence-corrected chi connectivity index (χ0v) is 20.1. The molecule has 1 aromatic heterocycles. The van der Waals surface area contributed by atoms with E-state index in [1.807, 2.05) is 0 Å². The number of carboxylic acid groups (broad SMARTS) is 1. The number of rotatable bonds is 9. The van der Waals surface area contributed by atoms with E-state index in [4.69, 9.17) is 26.0 Å². The molecule has 1 heterocycles. The standard InChI is InChI=1S/C22H21ClFN3O7S/c1-12-20(25-22(30)33-13(2)15-5-3-4-6-17(15)23)21(34-26-12)16-8-7-14(11-18(16)24)27-35(31,32)10-9-19(28)29/h3-8,11,13,27H,9-10H2,1-2H3,(H,25,30)(H,28,29)/t13-/m1/s1. The minimum absolute atomic E-state index is 0.0649. The highest BCUT2D eigenvalue weighted by molar-refractivity contribution is 7.92. The first kappa shape index (κ1) is 26.0. The summed E-state index contributed by atoms with van der Waals surface area (Å²) in [6.45, 7) is 3.17. The number of nitrogens with zero attached hydrogens (tertiary/aromatic N) is 1. The highest BCUT2D eigenvalue weighted by atomic mass is 35.5. The van der Waals surface area contributed by atoms with Gasteiger partial charge in [0.2, 0.25) is 10.0 Å². The van der Waals surface area contributed by atoms with Crippen LogP contribution >= 0.6 is 11.6 Å². The maximum absolute atomic E-state index is 14.9. The van der Waals surface area contributed by atoms with Gasteiger partial charge in [-0.1, -0.05) is 35.0 Å². The summed E-state index contributed by atoms with van der Waals surface area (Å²) in [4.78, 5) is 23.1. The Kier molecular flexibility index (Phi) is 7.97. The molecule has 0 aliphatic heterocycles. The van der Waals surface area contributed by atoms with Gasteiger partial charge in [0.25, 0.3) is 0 Å². The molecule has 0 bridgehead atoms. The van der Waals surface area contributed by atoms with Gasteiger partial charge in [0, 0.05) is 10.6 Å². The molecule has 0 unspecified atom stereocenters. The van der Waals surface area contributed by atoms with Gasteiger partial charge in [-0.05, 0) is 38.1 Å². The minimum Gasteiger partial charge on any atom is -0.481 e. The third-order valence-electron chi connectivity index (χ3n) is 4.79. The van der Waals surface area contributed by atoms with Crippen LogP contribution in [0.2, 0.25) is 5.02 Å². The molecule has 1 atom stereocenters. The predicted molar refractivity (Wildman–Crippen MR) is 126 cm³/mol. The number of sulfonamides is 1. The van der Waals surface area contributed by atoms with Crippen molar-refractivity contribution in [3.8, 4) is 11.3 Å². The molecule has 3 N–H and O–H groups in total. The van der Waals surface area contributed by atoms with E-state index >= 15 is 0 Å². The van der Waals surface area contributed by atoms with Crippen molar-refractivity contribution in [3.05, 3.63) is 64.6 Å². The van der Waals surface area contributed by atoms with Crippen molar-refractivity contribution in [2.45, 2.75) is 26.4 Å². The molecule has 10 nitrogen and oxygen atoms in total. The molecule has 0 saturated carbocycles. The Morgan fingerprint density at radius 2 is 1.97 bits per heavy atom. The second-order valence-electron chi connectivity index (χ2n) is 7.43. The maximum Gasteiger partial charge on any atom is 0.412 e. The number of carbonyl (C=O) groups is 2. The third kappa shape index (κ3) is 6.70. The molecule has 35 heavy (non-hydrogen) atoms. The molecule has 1 amide bonds. The summed E-state index contributed by atoms with van der Waals surface area (Å²) in [5.41, 5.74) is 0.693. The molecule has 3 rings (SSSR count). The van der Waals surface area contributed by atoms with E-state index in [2.05, 4.69) is 15.2 Å². The van der Waals surface area contributed by atoms with Crippen LogP contribution in [0, 0.1) is 12.7 Å². The topological polar surface area (TPSA) is 148 Å². The summed E-state index contributed by atoms with van der Waals surface area (Å²) in [6, 6.07) is 10.3. The molecular formula is C22H21ClFN3O7S. The van der Waals surface area contributed by atoms with Crippen molar-refractivity contribution in [2.75, 3.05) is 15.8 Å². The van der Waals surface area contributed by atoms with Crippen LogP contribution in [0.3, 0.4) is 0 Å². The van der Waals surface area contributed by atoms with Gasteiger partial charge in [0.05, 0.1) is 23.4 Å². The molecule has 0 spiro atoms. The van der Waals surface area contributed by atoms with Gasteiger partial charge in [0.15, 0.2) is 5.76 Å². The summed E-state index contributed by atoms with van der Waals surface area (Å²) in [5.74, 6) is -2.93. The Labute approximate surface area is 205 Å². The van der Waals surface area contributed by atoms with Gasteiger partial charge in [-0.25, -0.2) is 17.6 Å². The lowest BCUT2D eigenvalue weighted by Gasteiger charge is -2.15. The minimum atomic E-state index is -4.00. The molecule has 0 fully saturated rings. The number of aryl methyl sites for hydroxylation is 1. The quantitative estimate of drug-likeness (QED) is 0.354. The maximum atomic E-state index is 14.9. The fourth-order valence-corrected chi connectivity index (χ4v) is 4.40. The van der Waals surface area contributed by atoms with Crippen molar-refractivity contribution in [2.24, 2.45) is 0 Å². The number of nitrogens with one attached hydrogen (secondary N) is 2. The monoisotopic (exact) mass is 525 g/mol. The van der Waals surface area contributed by atoms with Crippen LogP contribution in [0.25, 0.3) is 11.3 Å². The second-order valence-corrected chi connectivity index (χ2v) is 9.67. The molecule has 13 heteroatoms. The Hall–Kier alpha value is -3.64. The van der Waals surface area contributed by atoms with Crippen molar-refractivity contribution in [3.63, 3.8) is 0 Å². The van der Waals surface area contributed by atoms with Crippen LogP contribution in [0.15, 0.2) is 47.0 Å². The lowest BCUT2D eigenvalue weighted by atomic mass is 10.1. The van der Waals surface area contributed by atoms with Crippen molar-refractivity contribution in [1.29, 1.82) is 0 Å². The third-order valence-corrected chi connectivity index (χ3v) is 6.42. The summed E-state index contributed by atoms with van der Waals surface area (Å²) in [7, 11) is -4.00. The number of anilines is 2. The van der Waals surface area contributed by atoms with E-state index in [-0.39, 0.29) is 28.4 Å². The number of hydrogen-bond acceptors (Lipinski definition) is 7.